The van der Waals surface area contributed by atoms with E-state index in [1.165, 1.54) is 6.20 Å². The van der Waals surface area contributed by atoms with Crippen molar-refractivity contribution in [3.8, 4) is 0 Å². The van der Waals surface area contributed by atoms with Crippen molar-refractivity contribution in [3.05, 3.63) is 29.6 Å². The summed E-state index contributed by atoms with van der Waals surface area (Å²) in [4.78, 5) is 46.6. The molecule has 8 nitrogen and oxygen atoms in total. The van der Waals surface area contributed by atoms with Crippen LogP contribution in [0.4, 0.5) is 4.79 Å². The molecule has 0 radical (unpaired) electrons. The molecule has 0 aliphatic carbocycles. The van der Waals surface area contributed by atoms with Crippen LogP contribution in [0.3, 0.4) is 0 Å². The Labute approximate surface area is 166 Å². The van der Waals surface area contributed by atoms with Crippen LogP contribution < -0.4 is 0 Å². The SMILES string of the molecule is CCCN(CCC)C(=O)c1cc(C(=O)N2CCN(C(=O)OCC)CC2)ccn1. The van der Waals surface area contributed by atoms with Crippen molar-refractivity contribution in [1.82, 2.24) is 19.7 Å². The molecule has 8 heteroatoms. The second-order valence-electron chi connectivity index (χ2n) is 6.70. The van der Waals surface area contributed by atoms with Crippen LogP contribution in [0.1, 0.15) is 54.5 Å². The van der Waals surface area contributed by atoms with Gasteiger partial charge in [0.2, 0.25) is 0 Å². The van der Waals surface area contributed by atoms with Gasteiger partial charge in [0.25, 0.3) is 11.8 Å². The Morgan fingerprint density at radius 1 is 1.04 bits per heavy atom. The molecule has 2 heterocycles. The monoisotopic (exact) mass is 390 g/mol. The van der Waals surface area contributed by atoms with Gasteiger partial charge in [-0.1, -0.05) is 13.8 Å². The molecule has 0 N–H and O–H groups in total. The Balaban J connectivity index is 2.04. The van der Waals surface area contributed by atoms with E-state index in [9.17, 15) is 14.4 Å². The fourth-order valence-electron chi connectivity index (χ4n) is 3.19. The van der Waals surface area contributed by atoms with Crippen molar-refractivity contribution in [2.45, 2.75) is 33.6 Å². The van der Waals surface area contributed by atoms with Gasteiger partial charge < -0.3 is 19.4 Å². The number of amides is 3. The number of carbonyl (C=O) groups excluding carboxylic acids is 3. The van der Waals surface area contributed by atoms with E-state index in [4.69, 9.17) is 4.74 Å². The molecule has 0 atom stereocenters. The van der Waals surface area contributed by atoms with Gasteiger partial charge in [-0.15, -0.1) is 0 Å². The van der Waals surface area contributed by atoms with E-state index in [0.29, 0.717) is 51.4 Å². The number of hydrogen-bond donors (Lipinski definition) is 0. The molecule has 1 saturated heterocycles. The fourth-order valence-corrected chi connectivity index (χ4v) is 3.19. The lowest BCUT2D eigenvalue weighted by Crippen LogP contribution is -2.50. The molecule has 0 unspecified atom stereocenters. The summed E-state index contributed by atoms with van der Waals surface area (Å²) < 4.78 is 5.00. The van der Waals surface area contributed by atoms with E-state index in [1.807, 2.05) is 13.8 Å². The van der Waals surface area contributed by atoms with Gasteiger partial charge >= 0.3 is 6.09 Å². The average molecular weight is 390 g/mol. The molecule has 154 valence electrons. The lowest BCUT2D eigenvalue weighted by atomic mass is 10.1. The molecule has 3 amide bonds. The first kappa shape index (κ1) is 21.7. The van der Waals surface area contributed by atoms with Gasteiger partial charge in [-0.2, -0.15) is 0 Å². The third-order valence-electron chi connectivity index (χ3n) is 4.59. The molecule has 2 rings (SSSR count). The van der Waals surface area contributed by atoms with Crippen molar-refractivity contribution in [2.75, 3.05) is 45.9 Å². The van der Waals surface area contributed by atoms with Crippen LogP contribution in [0, 0.1) is 0 Å². The first-order valence-electron chi connectivity index (χ1n) is 9.98. The molecule has 1 aliphatic rings. The molecular formula is C20H30N4O4. The minimum Gasteiger partial charge on any atom is -0.450 e. The normalized spacial score (nSPS) is 14.0. The third kappa shape index (κ3) is 5.43. The van der Waals surface area contributed by atoms with E-state index in [-0.39, 0.29) is 23.6 Å². The molecule has 0 aromatic carbocycles. The van der Waals surface area contributed by atoms with Gasteiger partial charge in [-0.3, -0.25) is 14.6 Å². The minimum atomic E-state index is -0.349. The van der Waals surface area contributed by atoms with Gasteiger partial charge in [-0.05, 0) is 31.9 Å². The van der Waals surface area contributed by atoms with Crippen LogP contribution in [-0.2, 0) is 4.74 Å². The van der Waals surface area contributed by atoms with Crippen LogP contribution in [0.2, 0.25) is 0 Å². The highest BCUT2D eigenvalue weighted by Crippen LogP contribution is 2.12. The number of pyridine rings is 1. The van der Waals surface area contributed by atoms with Gasteiger partial charge in [0, 0.05) is 51.0 Å². The highest BCUT2D eigenvalue weighted by molar-refractivity contribution is 5.98. The van der Waals surface area contributed by atoms with E-state index in [2.05, 4.69) is 4.98 Å². The maximum atomic E-state index is 12.8. The summed E-state index contributed by atoms with van der Waals surface area (Å²) in [6.45, 7) is 9.22. The van der Waals surface area contributed by atoms with E-state index in [1.54, 1.807) is 33.8 Å². The van der Waals surface area contributed by atoms with Crippen molar-refractivity contribution < 1.29 is 19.1 Å². The van der Waals surface area contributed by atoms with Crippen LogP contribution in [0.25, 0.3) is 0 Å². The summed E-state index contributed by atoms with van der Waals surface area (Å²) in [6.07, 6.45) is 2.90. The Kier molecular flexibility index (Phi) is 8.22. The largest absolute Gasteiger partial charge is 0.450 e. The number of ether oxygens (including phenoxy) is 1. The summed E-state index contributed by atoms with van der Waals surface area (Å²) in [5.41, 5.74) is 0.730. The highest BCUT2D eigenvalue weighted by Gasteiger charge is 2.26. The predicted octanol–water partition coefficient (Wildman–Crippen LogP) is 2.26. The average Bonchev–Trinajstić information content (AvgIpc) is 2.73. The number of rotatable bonds is 7. The highest BCUT2D eigenvalue weighted by atomic mass is 16.6. The number of nitrogens with zero attached hydrogens (tertiary/aromatic N) is 4. The Morgan fingerprint density at radius 3 is 2.21 bits per heavy atom. The second-order valence-corrected chi connectivity index (χ2v) is 6.70. The first-order chi connectivity index (χ1) is 13.5. The van der Waals surface area contributed by atoms with Gasteiger partial charge in [-0.25, -0.2) is 4.79 Å². The van der Waals surface area contributed by atoms with Crippen molar-refractivity contribution >= 4 is 17.9 Å². The molecule has 0 saturated carbocycles. The molecular weight excluding hydrogens is 360 g/mol. The van der Waals surface area contributed by atoms with E-state index in [0.717, 1.165) is 12.8 Å². The topological polar surface area (TPSA) is 83.1 Å². The van der Waals surface area contributed by atoms with Crippen molar-refractivity contribution in [3.63, 3.8) is 0 Å². The Morgan fingerprint density at radius 2 is 1.64 bits per heavy atom. The summed E-state index contributed by atoms with van der Waals surface area (Å²) in [5.74, 6) is -0.303. The zero-order chi connectivity index (χ0) is 20.5. The van der Waals surface area contributed by atoms with E-state index < -0.39 is 0 Å². The minimum absolute atomic E-state index is 0.148. The number of carbonyl (C=O) groups is 3. The zero-order valence-electron chi connectivity index (χ0n) is 17.0. The Hall–Kier alpha value is -2.64. The molecule has 1 fully saturated rings. The maximum absolute atomic E-state index is 12.8. The standard InChI is InChI=1S/C20H30N4O4/c1-4-9-22(10-5-2)19(26)17-15-16(7-8-21-17)18(25)23-11-13-24(14-12-23)20(27)28-6-3/h7-8,15H,4-6,9-14H2,1-3H3. The maximum Gasteiger partial charge on any atom is 0.409 e. The van der Waals surface area contributed by atoms with Gasteiger partial charge in [0.15, 0.2) is 0 Å². The molecule has 1 aromatic heterocycles. The lowest BCUT2D eigenvalue weighted by molar-refractivity contribution is 0.0570. The number of aromatic nitrogens is 1. The quantitative estimate of drug-likeness (QED) is 0.713. The summed E-state index contributed by atoms with van der Waals surface area (Å²) in [7, 11) is 0. The van der Waals surface area contributed by atoms with Crippen molar-refractivity contribution in [2.24, 2.45) is 0 Å². The third-order valence-corrected chi connectivity index (χ3v) is 4.59. The summed E-state index contributed by atoms with van der Waals surface area (Å²) in [6, 6.07) is 3.20. The molecule has 0 bridgehead atoms. The van der Waals surface area contributed by atoms with Crippen LogP contribution in [0.5, 0.6) is 0 Å². The zero-order valence-corrected chi connectivity index (χ0v) is 17.0. The number of piperazine rings is 1. The Bertz CT molecular complexity index is 681. The molecule has 28 heavy (non-hydrogen) atoms. The lowest BCUT2D eigenvalue weighted by Gasteiger charge is -2.34. The summed E-state index contributed by atoms with van der Waals surface area (Å²) >= 11 is 0. The van der Waals surface area contributed by atoms with E-state index >= 15 is 0 Å². The molecule has 0 spiro atoms. The smallest absolute Gasteiger partial charge is 0.409 e. The molecule has 1 aliphatic heterocycles. The van der Waals surface area contributed by atoms with Crippen molar-refractivity contribution in [1.29, 1.82) is 0 Å². The number of hydrogen-bond acceptors (Lipinski definition) is 5. The predicted molar refractivity (Wildman–Crippen MR) is 105 cm³/mol. The fraction of sp³-hybridized carbons (Fsp3) is 0.600. The van der Waals surface area contributed by atoms with Gasteiger partial charge in [0.1, 0.15) is 5.69 Å². The van der Waals surface area contributed by atoms with Crippen LogP contribution in [-0.4, -0.2) is 83.5 Å². The van der Waals surface area contributed by atoms with Crippen LogP contribution >= 0.6 is 0 Å². The van der Waals surface area contributed by atoms with Crippen LogP contribution in [0.15, 0.2) is 18.3 Å². The molecule has 1 aromatic rings. The first-order valence-corrected chi connectivity index (χ1v) is 9.98. The van der Waals surface area contributed by atoms with Gasteiger partial charge in [0.05, 0.1) is 6.61 Å². The second kappa shape index (κ2) is 10.6. The summed E-state index contributed by atoms with van der Waals surface area (Å²) in [5, 5.41) is 0.